The zero-order valence-electron chi connectivity index (χ0n) is 13.5. The van der Waals surface area contributed by atoms with Crippen molar-refractivity contribution < 1.29 is 4.79 Å². The number of imidazole rings is 1. The van der Waals surface area contributed by atoms with E-state index in [0.717, 1.165) is 18.7 Å². The molecule has 2 heterocycles. The normalized spacial score (nSPS) is 12.4. The monoisotopic (exact) mass is 300 g/mol. The van der Waals surface area contributed by atoms with Crippen LogP contribution in [0.5, 0.6) is 0 Å². The first-order valence-electron chi connectivity index (χ1n) is 7.81. The molecule has 5 nitrogen and oxygen atoms in total. The number of aromatic nitrogens is 3. The van der Waals surface area contributed by atoms with Gasteiger partial charge in [-0.05, 0) is 31.4 Å². The molecule has 0 aliphatic heterocycles. The van der Waals surface area contributed by atoms with Crippen LogP contribution in [0, 0.1) is 5.92 Å². The second-order valence-corrected chi connectivity index (χ2v) is 6.07. The van der Waals surface area contributed by atoms with Gasteiger partial charge in [0.1, 0.15) is 12.1 Å². The fourth-order valence-electron chi connectivity index (χ4n) is 2.28. The third-order valence-electron chi connectivity index (χ3n) is 3.58. The number of hydrogen-bond donors (Lipinski definition) is 1. The zero-order valence-corrected chi connectivity index (χ0v) is 13.5. The Balaban J connectivity index is 1.87. The summed E-state index contributed by atoms with van der Waals surface area (Å²) in [6.45, 7) is 6.49. The second-order valence-electron chi connectivity index (χ2n) is 6.07. The van der Waals surface area contributed by atoms with Gasteiger partial charge in [-0.3, -0.25) is 9.36 Å². The van der Waals surface area contributed by atoms with Crippen LogP contribution in [0.4, 0.5) is 0 Å². The topological polar surface area (TPSA) is 59.8 Å². The molecule has 0 radical (unpaired) electrons. The quantitative estimate of drug-likeness (QED) is 0.854. The lowest BCUT2D eigenvalue weighted by atomic mass is 10.0. The lowest BCUT2D eigenvalue weighted by Gasteiger charge is -2.14. The highest BCUT2D eigenvalue weighted by Crippen LogP contribution is 2.09. The van der Waals surface area contributed by atoms with E-state index < -0.39 is 0 Å². The van der Waals surface area contributed by atoms with Gasteiger partial charge in [0.2, 0.25) is 0 Å². The van der Waals surface area contributed by atoms with Crippen LogP contribution in [0.2, 0.25) is 0 Å². The van der Waals surface area contributed by atoms with Crippen LogP contribution in [-0.4, -0.2) is 26.5 Å². The first kappa shape index (κ1) is 16.2. The average Bonchev–Trinajstić information content (AvgIpc) is 3.01. The molecule has 0 aliphatic rings. The molecule has 0 saturated carbocycles. The van der Waals surface area contributed by atoms with E-state index in [0.29, 0.717) is 11.5 Å². The van der Waals surface area contributed by atoms with Crippen molar-refractivity contribution in [3.63, 3.8) is 0 Å². The summed E-state index contributed by atoms with van der Waals surface area (Å²) in [6, 6.07) is 3.79. The minimum Gasteiger partial charge on any atom is -0.350 e. The van der Waals surface area contributed by atoms with E-state index in [4.69, 9.17) is 0 Å². The van der Waals surface area contributed by atoms with Crippen LogP contribution < -0.4 is 5.32 Å². The fraction of sp³-hybridized carbons (Fsp3) is 0.471. The summed E-state index contributed by atoms with van der Waals surface area (Å²) in [6.07, 6.45) is 10.1. The molecule has 0 bridgehead atoms. The molecule has 22 heavy (non-hydrogen) atoms. The number of nitrogens with zero attached hydrogens (tertiary/aromatic N) is 3. The summed E-state index contributed by atoms with van der Waals surface area (Å²) in [4.78, 5) is 20.5. The van der Waals surface area contributed by atoms with E-state index in [1.807, 2.05) is 19.2 Å². The predicted molar refractivity (Wildman–Crippen MR) is 87.0 cm³/mol. The molecule has 2 aromatic rings. The summed E-state index contributed by atoms with van der Waals surface area (Å²) in [7, 11) is 0. The standard InChI is InChI=1S/C17H24N4O/c1-13(2)5-4-6-14(3)20-17(22)15-7-8-16(19-11-15)21-10-9-18-12-21/h7-14H,4-6H2,1-3H3,(H,20,22). The molecule has 5 heteroatoms. The molecule has 2 aromatic heterocycles. The van der Waals surface area contributed by atoms with Gasteiger partial charge in [0.05, 0.1) is 5.56 Å². The third kappa shape index (κ3) is 4.69. The Morgan fingerprint density at radius 1 is 1.27 bits per heavy atom. The maximum absolute atomic E-state index is 12.2. The molecule has 1 N–H and O–H groups in total. The number of nitrogens with one attached hydrogen (secondary N) is 1. The highest BCUT2D eigenvalue weighted by molar-refractivity contribution is 5.94. The minimum atomic E-state index is -0.0678. The van der Waals surface area contributed by atoms with Crippen molar-refractivity contribution >= 4 is 5.91 Å². The van der Waals surface area contributed by atoms with Crippen molar-refractivity contribution in [2.75, 3.05) is 0 Å². The maximum atomic E-state index is 12.2. The number of carbonyl (C=O) groups excluding carboxylic acids is 1. The Morgan fingerprint density at radius 2 is 2.09 bits per heavy atom. The molecule has 0 fully saturated rings. The molecule has 0 aromatic carbocycles. The van der Waals surface area contributed by atoms with Crippen molar-refractivity contribution in [1.29, 1.82) is 0 Å². The van der Waals surface area contributed by atoms with Crippen LogP contribution in [0.1, 0.15) is 50.4 Å². The number of rotatable bonds is 7. The van der Waals surface area contributed by atoms with Gasteiger partial charge >= 0.3 is 0 Å². The predicted octanol–water partition coefficient (Wildman–Crippen LogP) is 3.21. The van der Waals surface area contributed by atoms with Gasteiger partial charge in [0.25, 0.3) is 5.91 Å². The molecule has 1 unspecified atom stereocenters. The Kier molecular flexibility index (Phi) is 5.69. The lowest BCUT2D eigenvalue weighted by Crippen LogP contribution is -2.32. The van der Waals surface area contributed by atoms with Crippen molar-refractivity contribution in [2.45, 2.75) is 46.1 Å². The van der Waals surface area contributed by atoms with Crippen LogP contribution in [0.15, 0.2) is 37.1 Å². The van der Waals surface area contributed by atoms with Crippen molar-refractivity contribution in [3.05, 3.63) is 42.6 Å². The summed E-state index contributed by atoms with van der Waals surface area (Å²) in [5, 5.41) is 3.03. The van der Waals surface area contributed by atoms with E-state index in [2.05, 4.69) is 29.1 Å². The van der Waals surface area contributed by atoms with Crippen LogP contribution in [0.25, 0.3) is 5.82 Å². The van der Waals surface area contributed by atoms with Crippen molar-refractivity contribution in [2.24, 2.45) is 5.92 Å². The maximum Gasteiger partial charge on any atom is 0.253 e. The van der Waals surface area contributed by atoms with Crippen LogP contribution >= 0.6 is 0 Å². The van der Waals surface area contributed by atoms with Gasteiger partial charge in [-0.25, -0.2) is 9.97 Å². The van der Waals surface area contributed by atoms with E-state index in [9.17, 15) is 4.79 Å². The molecule has 118 valence electrons. The molecule has 0 spiro atoms. The fourth-order valence-corrected chi connectivity index (χ4v) is 2.28. The molecule has 0 aliphatic carbocycles. The highest BCUT2D eigenvalue weighted by atomic mass is 16.1. The largest absolute Gasteiger partial charge is 0.350 e. The van der Waals surface area contributed by atoms with E-state index >= 15 is 0 Å². The average molecular weight is 300 g/mol. The summed E-state index contributed by atoms with van der Waals surface area (Å²) in [5.74, 6) is 1.39. The van der Waals surface area contributed by atoms with Gasteiger partial charge in [0, 0.05) is 24.6 Å². The summed E-state index contributed by atoms with van der Waals surface area (Å²) < 4.78 is 1.80. The molecular formula is C17H24N4O. The summed E-state index contributed by atoms with van der Waals surface area (Å²) in [5.41, 5.74) is 0.583. The highest BCUT2D eigenvalue weighted by Gasteiger charge is 2.10. The zero-order chi connectivity index (χ0) is 15.9. The van der Waals surface area contributed by atoms with Gasteiger partial charge in [-0.2, -0.15) is 0 Å². The number of hydrogen-bond acceptors (Lipinski definition) is 3. The SMILES string of the molecule is CC(C)CCCC(C)NC(=O)c1ccc(-n2ccnc2)nc1. The molecule has 1 amide bonds. The number of pyridine rings is 1. The Labute approximate surface area is 131 Å². The van der Waals surface area contributed by atoms with Crippen molar-refractivity contribution in [3.8, 4) is 5.82 Å². The Hall–Kier alpha value is -2.17. The molecule has 1 atom stereocenters. The molecule has 2 rings (SSSR count). The van der Waals surface area contributed by atoms with Gasteiger partial charge in [0.15, 0.2) is 0 Å². The smallest absolute Gasteiger partial charge is 0.253 e. The van der Waals surface area contributed by atoms with Gasteiger partial charge < -0.3 is 5.32 Å². The van der Waals surface area contributed by atoms with Crippen LogP contribution in [-0.2, 0) is 0 Å². The van der Waals surface area contributed by atoms with Crippen LogP contribution in [0.3, 0.4) is 0 Å². The first-order chi connectivity index (χ1) is 10.6. The van der Waals surface area contributed by atoms with E-state index in [-0.39, 0.29) is 11.9 Å². The molecule has 0 saturated heterocycles. The van der Waals surface area contributed by atoms with E-state index in [1.165, 1.54) is 6.42 Å². The Bertz CT molecular complexity index is 575. The number of carbonyl (C=O) groups is 1. The minimum absolute atomic E-state index is 0.0678. The van der Waals surface area contributed by atoms with Gasteiger partial charge in [-0.15, -0.1) is 0 Å². The number of amides is 1. The Morgan fingerprint density at radius 3 is 2.68 bits per heavy atom. The summed E-state index contributed by atoms with van der Waals surface area (Å²) >= 11 is 0. The molecular weight excluding hydrogens is 276 g/mol. The first-order valence-corrected chi connectivity index (χ1v) is 7.81. The lowest BCUT2D eigenvalue weighted by molar-refractivity contribution is 0.0937. The van der Waals surface area contributed by atoms with Gasteiger partial charge in [-0.1, -0.05) is 26.7 Å². The van der Waals surface area contributed by atoms with E-state index in [1.54, 1.807) is 29.4 Å². The third-order valence-corrected chi connectivity index (χ3v) is 3.58. The second kappa shape index (κ2) is 7.73. The van der Waals surface area contributed by atoms with Crippen molar-refractivity contribution in [1.82, 2.24) is 19.9 Å².